The SMILES string of the molecule is NC(=O)c1cc(Cc2ccccc2)sc1NC(=O)[C@@H]1[C@H]2CC[C@@H](C2)[C@H]1C(=O)O. The smallest absolute Gasteiger partial charge is 0.307 e. The summed E-state index contributed by atoms with van der Waals surface area (Å²) in [7, 11) is 0. The average Bonchev–Trinajstić information content (AvgIpc) is 3.36. The fourth-order valence-corrected chi connectivity index (χ4v) is 5.92. The Bertz CT molecular complexity index is 924. The van der Waals surface area contributed by atoms with Crippen LogP contribution in [0.3, 0.4) is 0 Å². The molecule has 0 saturated heterocycles. The highest BCUT2D eigenvalue weighted by molar-refractivity contribution is 7.16. The molecule has 2 aliphatic carbocycles. The van der Waals surface area contributed by atoms with E-state index in [4.69, 9.17) is 5.73 Å². The number of hydrogen-bond acceptors (Lipinski definition) is 4. The number of primary amides is 1. The van der Waals surface area contributed by atoms with Crippen LogP contribution in [0.5, 0.6) is 0 Å². The van der Waals surface area contributed by atoms with Crippen LogP contribution in [0.4, 0.5) is 5.00 Å². The van der Waals surface area contributed by atoms with Gasteiger partial charge >= 0.3 is 5.97 Å². The number of aliphatic carboxylic acids is 1. The van der Waals surface area contributed by atoms with Crippen LogP contribution in [0.15, 0.2) is 36.4 Å². The molecular formula is C21H22N2O4S. The van der Waals surface area contributed by atoms with Crippen molar-refractivity contribution in [2.24, 2.45) is 29.4 Å². The van der Waals surface area contributed by atoms with Crippen LogP contribution in [-0.4, -0.2) is 22.9 Å². The number of hydrogen-bond donors (Lipinski definition) is 3. The molecule has 0 spiro atoms. The number of carbonyl (C=O) groups excluding carboxylic acids is 2. The maximum Gasteiger partial charge on any atom is 0.307 e. The van der Waals surface area contributed by atoms with Crippen molar-refractivity contribution in [3.63, 3.8) is 0 Å². The molecule has 28 heavy (non-hydrogen) atoms. The molecular weight excluding hydrogens is 376 g/mol. The topological polar surface area (TPSA) is 109 Å². The van der Waals surface area contributed by atoms with Gasteiger partial charge in [0.05, 0.1) is 17.4 Å². The zero-order valence-corrected chi connectivity index (χ0v) is 16.1. The van der Waals surface area contributed by atoms with Crippen LogP contribution >= 0.6 is 11.3 Å². The van der Waals surface area contributed by atoms with Crippen molar-refractivity contribution in [1.29, 1.82) is 0 Å². The molecule has 2 aromatic rings. The standard InChI is InChI=1S/C21H22N2O4S/c22-18(24)15-10-14(8-11-4-2-1-3-5-11)28-20(15)23-19(25)16-12-6-7-13(9-12)17(16)21(26)27/h1-5,10,12-13,16-17H,6-9H2,(H2,22,24)(H,23,25)(H,26,27)/t12-,13-,16+,17+/m0/s1. The van der Waals surface area contributed by atoms with E-state index in [1.54, 1.807) is 6.07 Å². The summed E-state index contributed by atoms with van der Waals surface area (Å²) >= 11 is 1.32. The van der Waals surface area contributed by atoms with E-state index >= 15 is 0 Å². The summed E-state index contributed by atoms with van der Waals surface area (Å²) in [5, 5.41) is 12.8. The van der Waals surface area contributed by atoms with Gasteiger partial charge in [-0.3, -0.25) is 14.4 Å². The third-order valence-electron chi connectivity index (χ3n) is 6.01. The number of nitrogens with two attached hydrogens (primary N) is 1. The summed E-state index contributed by atoms with van der Waals surface area (Å²) in [5.41, 5.74) is 6.88. The first-order valence-electron chi connectivity index (χ1n) is 9.44. The molecule has 2 fully saturated rings. The van der Waals surface area contributed by atoms with E-state index in [2.05, 4.69) is 5.32 Å². The summed E-state index contributed by atoms with van der Waals surface area (Å²) in [6.07, 6.45) is 3.19. The van der Waals surface area contributed by atoms with E-state index in [1.807, 2.05) is 30.3 Å². The van der Waals surface area contributed by atoms with Gasteiger partial charge in [0.1, 0.15) is 5.00 Å². The Morgan fingerprint density at radius 1 is 1.11 bits per heavy atom. The lowest BCUT2D eigenvalue weighted by Gasteiger charge is -2.26. The number of nitrogens with one attached hydrogen (secondary N) is 1. The summed E-state index contributed by atoms with van der Waals surface area (Å²) in [5.74, 6) is -2.82. The molecule has 4 atom stereocenters. The molecule has 1 aromatic carbocycles. The fraction of sp³-hybridized carbons (Fsp3) is 0.381. The summed E-state index contributed by atoms with van der Waals surface area (Å²) in [6, 6.07) is 11.5. The molecule has 146 valence electrons. The van der Waals surface area contributed by atoms with E-state index in [0.717, 1.165) is 29.7 Å². The van der Waals surface area contributed by atoms with Gasteiger partial charge in [0, 0.05) is 11.3 Å². The lowest BCUT2D eigenvalue weighted by atomic mass is 9.79. The Balaban J connectivity index is 1.56. The van der Waals surface area contributed by atoms with Gasteiger partial charge in [-0.25, -0.2) is 0 Å². The summed E-state index contributed by atoms with van der Waals surface area (Å²) < 4.78 is 0. The first-order chi connectivity index (χ1) is 13.4. The number of carboxylic acids is 1. The zero-order valence-electron chi connectivity index (χ0n) is 15.3. The summed E-state index contributed by atoms with van der Waals surface area (Å²) in [4.78, 5) is 37.4. The van der Waals surface area contributed by atoms with Gasteiger partial charge in [0.15, 0.2) is 0 Å². The predicted octanol–water partition coefficient (Wildman–Crippen LogP) is 3.12. The van der Waals surface area contributed by atoms with Crippen molar-refractivity contribution < 1.29 is 19.5 Å². The van der Waals surface area contributed by atoms with Gasteiger partial charge < -0.3 is 16.2 Å². The molecule has 0 unspecified atom stereocenters. The quantitative estimate of drug-likeness (QED) is 0.694. The Hall–Kier alpha value is -2.67. The van der Waals surface area contributed by atoms with Gasteiger partial charge in [-0.15, -0.1) is 11.3 Å². The monoisotopic (exact) mass is 398 g/mol. The maximum absolute atomic E-state index is 12.9. The van der Waals surface area contributed by atoms with Crippen molar-refractivity contribution >= 4 is 34.1 Å². The normalized spacial score (nSPS) is 25.6. The average molecular weight is 398 g/mol. The van der Waals surface area contributed by atoms with Crippen LogP contribution in [-0.2, 0) is 16.0 Å². The van der Waals surface area contributed by atoms with Gasteiger partial charge in [0.25, 0.3) is 5.91 Å². The molecule has 4 N–H and O–H groups in total. The van der Waals surface area contributed by atoms with E-state index in [0.29, 0.717) is 11.4 Å². The van der Waals surface area contributed by atoms with Crippen molar-refractivity contribution in [3.8, 4) is 0 Å². The molecule has 6 nitrogen and oxygen atoms in total. The van der Waals surface area contributed by atoms with Gasteiger partial charge in [0.2, 0.25) is 5.91 Å². The minimum atomic E-state index is -0.904. The molecule has 4 rings (SSSR count). The van der Waals surface area contributed by atoms with E-state index in [-0.39, 0.29) is 23.3 Å². The molecule has 0 radical (unpaired) electrons. The second-order valence-electron chi connectivity index (χ2n) is 7.69. The molecule has 0 aliphatic heterocycles. The number of fused-ring (bicyclic) bond motifs is 2. The molecule has 2 amide bonds. The van der Waals surface area contributed by atoms with Crippen LogP contribution < -0.4 is 11.1 Å². The van der Waals surface area contributed by atoms with E-state index in [9.17, 15) is 19.5 Å². The van der Waals surface area contributed by atoms with Crippen LogP contribution in [0.25, 0.3) is 0 Å². The number of carboxylic acid groups (broad SMARTS) is 1. The number of benzene rings is 1. The largest absolute Gasteiger partial charge is 0.481 e. The van der Waals surface area contributed by atoms with Crippen molar-refractivity contribution in [3.05, 3.63) is 52.4 Å². The maximum atomic E-state index is 12.9. The summed E-state index contributed by atoms with van der Waals surface area (Å²) in [6.45, 7) is 0. The zero-order chi connectivity index (χ0) is 19.8. The minimum absolute atomic E-state index is 0.0749. The Morgan fingerprint density at radius 3 is 2.43 bits per heavy atom. The second-order valence-corrected chi connectivity index (χ2v) is 8.83. The highest BCUT2D eigenvalue weighted by Crippen LogP contribution is 2.52. The van der Waals surface area contributed by atoms with Crippen molar-refractivity contribution in [2.45, 2.75) is 25.7 Å². The Kier molecular flexibility index (Phi) is 4.93. The van der Waals surface area contributed by atoms with E-state index in [1.165, 1.54) is 11.3 Å². The molecule has 2 bridgehead atoms. The Labute approximate surface area is 166 Å². The predicted molar refractivity (Wildman–Crippen MR) is 106 cm³/mol. The number of rotatable bonds is 6. The molecule has 7 heteroatoms. The van der Waals surface area contributed by atoms with Crippen molar-refractivity contribution in [1.82, 2.24) is 0 Å². The minimum Gasteiger partial charge on any atom is -0.481 e. The third kappa shape index (κ3) is 3.42. The number of carbonyl (C=O) groups is 3. The highest BCUT2D eigenvalue weighted by atomic mass is 32.1. The van der Waals surface area contributed by atoms with Crippen LogP contribution in [0.2, 0.25) is 0 Å². The van der Waals surface area contributed by atoms with Gasteiger partial charge in [-0.05, 0) is 42.7 Å². The van der Waals surface area contributed by atoms with Crippen molar-refractivity contribution in [2.75, 3.05) is 5.32 Å². The number of anilines is 1. The second kappa shape index (κ2) is 7.39. The number of amides is 2. The third-order valence-corrected chi connectivity index (χ3v) is 7.06. The molecule has 2 saturated carbocycles. The highest BCUT2D eigenvalue weighted by Gasteiger charge is 2.54. The number of thiophene rings is 1. The molecule has 1 aromatic heterocycles. The first-order valence-corrected chi connectivity index (χ1v) is 10.3. The first kappa shape index (κ1) is 18.7. The fourth-order valence-electron chi connectivity index (χ4n) is 4.82. The molecule has 2 aliphatic rings. The van der Waals surface area contributed by atoms with Crippen LogP contribution in [0, 0.1) is 23.7 Å². The van der Waals surface area contributed by atoms with Crippen LogP contribution in [0.1, 0.15) is 40.1 Å². The Morgan fingerprint density at radius 2 is 1.79 bits per heavy atom. The van der Waals surface area contributed by atoms with Gasteiger partial charge in [-0.2, -0.15) is 0 Å². The molecule has 1 heterocycles. The lowest BCUT2D eigenvalue weighted by molar-refractivity contribution is -0.148. The van der Waals surface area contributed by atoms with E-state index < -0.39 is 23.7 Å². The lowest BCUT2D eigenvalue weighted by Crippen LogP contribution is -2.38. The van der Waals surface area contributed by atoms with Gasteiger partial charge in [-0.1, -0.05) is 30.3 Å².